The van der Waals surface area contributed by atoms with Crippen molar-refractivity contribution in [2.75, 3.05) is 13.2 Å². The summed E-state index contributed by atoms with van der Waals surface area (Å²) in [4.78, 5) is 0.292. The fourth-order valence-electron chi connectivity index (χ4n) is 2.87. The van der Waals surface area contributed by atoms with E-state index in [2.05, 4.69) is 4.72 Å². The molecule has 1 saturated carbocycles. The number of benzene rings is 1. The van der Waals surface area contributed by atoms with E-state index in [-0.39, 0.29) is 12.0 Å². The third-order valence-electron chi connectivity index (χ3n) is 4.05. The SMILES string of the molecule is O=S(=O)(NCC1CCC(O)C1)c1ccc2c(c1)CCO2. The number of aliphatic hydroxyl groups excluding tert-OH is 1. The minimum absolute atomic E-state index is 0.234. The molecular formula is C14H19NO4S. The van der Waals surface area contributed by atoms with Gasteiger partial charge in [-0.15, -0.1) is 0 Å². The molecule has 1 aliphatic carbocycles. The lowest BCUT2D eigenvalue weighted by Gasteiger charge is -2.12. The number of hydrogen-bond donors (Lipinski definition) is 2. The molecule has 6 heteroatoms. The van der Waals surface area contributed by atoms with Crippen molar-refractivity contribution in [2.45, 2.75) is 36.7 Å². The van der Waals surface area contributed by atoms with E-state index < -0.39 is 10.0 Å². The van der Waals surface area contributed by atoms with Crippen molar-refractivity contribution >= 4 is 10.0 Å². The number of hydrogen-bond acceptors (Lipinski definition) is 4. The van der Waals surface area contributed by atoms with E-state index in [0.29, 0.717) is 24.5 Å². The molecule has 0 spiro atoms. The molecule has 0 saturated heterocycles. The Morgan fingerprint density at radius 1 is 1.35 bits per heavy atom. The molecule has 20 heavy (non-hydrogen) atoms. The molecule has 0 bridgehead atoms. The van der Waals surface area contributed by atoms with E-state index >= 15 is 0 Å². The highest BCUT2D eigenvalue weighted by Crippen LogP contribution is 2.28. The summed E-state index contributed by atoms with van der Waals surface area (Å²) in [5.74, 6) is 1.01. The van der Waals surface area contributed by atoms with Crippen molar-refractivity contribution < 1.29 is 18.3 Å². The van der Waals surface area contributed by atoms with E-state index in [9.17, 15) is 13.5 Å². The maximum Gasteiger partial charge on any atom is 0.240 e. The van der Waals surface area contributed by atoms with Gasteiger partial charge in [-0.3, -0.25) is 0 Å². The van der Waals surface area contributed by atoms with Gasteiger partial charge in [0.25, 0.3) is 0 Å². The van der Waals surface area contributed by atoms with Crippen LogP contribution in [0.15, 0.2) is 23.1 Å². The predicted molar refractivity (Wildman–Crippen MR) is 74.2 cm³/mol. The van der Waals surface area contributed by atoms with Crippen LogP contribution in [0.1, 0.15) is 24.8 Å². The van der Waals surface area contributed by atoms with Crippen molar-refractivity contribution in [2.24, 2.45) is 5.92 Å². The topological polar surface area (TPSA) is 75.6 Å². The molecule has 2 aliphatic rings. The average Bonchev–Trinajstić information content (AvgIpc) is 3.04. The van der Waals surface area contributed by atoms with Crippen molar-refractivity contribution in [3.05, 3.63) is 23.8 Å². The highest BCUT2D eigenvalue weighted by Gasteiger charge is 2.25. The van der Waals surface area contributed by atoms with E-state index in [1.54, 1.807) is 18.2 Å². The summed E-state index contributed by atoms with van der Waals surface area (Å²) in [6.07, 6.45) is 2.81. The highest BCUT2D eigenvalue weighted by atomic mass is 32.2. The largest absolute Gasteiger partial charge is 0.493 e. The molecule has 0 amide bonds. The first-order chi connectivity index (χ1) is 9.54. The molecule has 0 aromatic heterocycles. The highest BCUT2D eigenvalue weighted by molar-refractivity contribution is 7.89. The Bertz CT molecular complexity index is 599. The summed E-state index contributed by atoms with van der Waals surface area (Å²) in [6.45, 7) is 1.01. The third kappa shape index (κ3) is 2.82. The molecule has 5 nitrogen and oxygen atoms in total. The molecule has 1 aromatic rings. The number of ether oxygens (including phenoxy) is 1. The van der Waals surface area contributed by atoms with Crippen molar-refractivity contribution in [1.29, 1.82) is 0 Å². The number of rotatable bonds is 4. The first kappa shape index (κ1) is 13.9. The summed E-state index contributed by atoms with van der Waals surface area (Å²) in [7, 11) is -3.47. The Morgan fingerprint density at radius 2 is 2.20 bits per heavy atom. The second-order valence-corrected chi connectivity index (χ2v) is 7.32. The molecule has 2 atom stereocenters. The van der Waals surface area contributed by atoms with E-state index in [1.165, 1.54) is 0 Å². The Labute approximate surface area is 119 Å². The maximum absolute atomic E-state index is 12.3. The van der Waals surface area contributed by atoms with Gasteiger partial charge in [0.05, 0.1) is 17.6 Å². The normalized spacial score (nSPS) is 25.4. The molecule has 0 radical (unpaired) electrons. The van der Waals surface area contributed by atoms with E-state index in [4.69, 9.17) is 4.74 Å². The van der Waals surface area contributed by atoms with Crippen LogP contribution >= 0.6 is 0 Å². The smallest absolute Gasteiger partial charge is 0.240 e. The first-order valence-corrected chi connectivity index (χ1v) is 8.46. The Balaban J connectivity index is 1.68. The molecule has 2 unspecified atom stereocenters. The van der Waals surface area contributed by atoms with Crippen molar-refractivity contribution in [3.63, 3.8) is 0 Å². The molecular weight excluding hydrogens is 278 g/mol. The average molecular weight is 297 g/mol. The summed E-state index contributed by atoms with van der Waals surface area (Å²) < 4.78 is 32.5. The van der Waals surface area contributed by atoms with Gasteiger partial charge in [0.2, 0.25) is 10.0 Å². The van der Waals surface area contributed by atoms with Crippen molar-refractivity contribution in [3.8, 4) is 5.75 Å². The van der Waals surface area contributed by atoms with Crippen LogP contribution in [0.5, 0.6) is 5.75 Å². The number of aliphatic hydroxyl groups is 1. The molecule has 2 N–H and O–H groups in total. The van der Waals surface area contributed by atoms with Gasteiger partial charge in [0.15, 0.2) is 0 Å². The number of fused-ring (bicyclic) bond motifs is 1. The van der Waals surface area contributed by atoms with Gasteiger partial charge in [-0.1, -0.05) is 0 Å². The molecule has 1 heterocycles. The van der Waals surface area contributed by atoms with Gasteiger partial charge in [0.1, 0.15) is 5.75 Å². The quantitative estimate of drug-likeness (QED) is 0.871. The summed E-state index contributed by atoms with van der Waals surface area (Å²) in [6, 6.07) is 4.99. The summed E-state index contributed by atoms with van der Waals surface area (Å²) >= 11 is 0. The van der Waals surface area contributed by atoms with Crippen LogP contribution in [0.3, 0.4) is 0 Å². The van der Waals surface area contributed by atoms with Crippen molar-refractivity contribution in [1.82, 2.24) is 4.72 Å². The summed E-state index contributed by atoms with van der Waals surface area (Å²) in [5, 5.41) is 9.46. The standard InChI is InChI=1S/C14H19NO4S/c16-12-2-1-10(7-12)9-15-20(17,18)13-3-4-14-11(8-13)5-6-19-14/h3-4,8,10,12,15-16H,1-2,5-7,9H2. The zero-order valence-electron chi connectivity index (χ0n) is 11.2. The Kier molecular flexibility index (Phi) is 3.70. The van der Waals surface area contributed by atoms with Crippen LogP contribution in [0.25, 0.3) is 0 Å². The zero-order chi connectivity index (χ0) is 14.2. The maximum atomic E-state index is 12.3. The van der Waals surface area contributed by atoms with Gasteiger partial charge in [0, 0.05) is 13.0 Å². The van der Waals surface area contributed by atoms with Gasteiger partial charge < -0.3 is 9.84 Å². The van der Waals surface area contributed by atoms with Crippen LogP contribution < -0.4 is 9.46 Å². The predicted octanol–water partition coefficient (Wildman–Crippen LogP) is 1.06. The third-order valence-corrected chi connectivity index (χ3v) is 5.47. The monoisotopic (exact) mass is 297 g/mol. The lowest BCUT2D eigenvalue weighted by molar-refractivity contribution is 0.178. The van der Waals surface area contributed by atoms with E-state index in [1.807, 2.05) is 0 Å². The van der Waals surface area contributed by atoms with Gasteiger partial charge in [-0.25, -0.2) is 13.1 Å². The fourth-order valence-corrected chi connectivity index (χ4v) is 4.04. The minimum Gasteiger partial charge on any atom is -0.493 e. The van der Waals surface area contributed by atoms with Gasteiger partial charge in [-0.05, 0) is 48.9 Å². The molecule has 1 aliphatic heterocycles. The molecule has 1 fully saturated rings. The number of nitrogens with one attached hydrogen (secondary N) is 1. The van der Waals surface area contributed by atoms with E-state index in [0.717, 1.165) is 30.6 Å². The lowest BCUT2D eigenvalue weighted by atomic mass is 10.1. The second kappa shape index (κ2) is 5.35. The number of sulfonamides is 1. The zero-order valence-corrected chi connectivity index (χ0v) is 12.0. The van der Waals surface area contributed by atoms with Crippen LogP contribution in [0.2, 0.25) is 0 Å². The lowest BCUT2D eigenvalue weighted by Crippen LogP contribution is -2.28. The first-order valence-electron chi connectivity index (χ1n) is 6.98. The Hall–Kier alpha value is -1.11. The van der Waals surface area contributed by atoms with Crippen LogP contribution in [0, 0.1) is 5.92 Å². The van der Waals surface area contributed by atoms with Gasteiger partial charge in [-0.2, -0.15) is 0 Å². The molecule has 1 aromatic carbocycles. The summed E-state index contributed by atoms with van der Waals surface area (Å²) in [5.41, 5.74) is 0.948. The molecule has 110 valence electrons. The Morgan fingerprint density at radius 3 is 2.95 bits per heavy atom. The van der Waals surface area contributed by atoms with Crippen LogP contribution in [0.4, 0.5) is 0 Å². The minimum atomic E-state index is -3.47. The van der Waals surface area contributed by atoms with Crippen LogP contribution in [-0.2, 0) is 16.4 Å². The van der Waals surface area contributed by atoms with Gasteiger partial charge >= 0.3 is 0 Å². The molecule has 3 rings (SSSR count). The fraction of sp³-hybridized carbons (Fsp3) is 0.571. The second-order valence-electron chi connectivity index (χ2n) is 5.55. The van der Waals surface area contributed by atoms with Crippen LogP contribution in [-0.4, -0.2) is 32.8 Å².